The van der Waals surface area contributed by atoms with Gasteiger partial charge in [-0.2, -0.15) is 4.98 Å². The molecule has 0 spiro atoms. The van der Waals surface area contributed by atoms with Crippen molar-refractivity contribution in [2.75, 3.05) is 32.0 Å². The van der Waals surface area contributed by atoms with Crippen LogP contribution in [-0.2, 0) is 0 Å². The second-order valence-electron chi connectivity index (χ2n) is 5.42. The van der Waals surface area contributed by atoms with Gasteiger partial charge >= 0.3 is 0 Å². The van der Waals surface area contributed by atoms with Gasteiger partial charge in [0.05, 0.1) is 27.0 Å². The highest BCUT2D eigenvalue weighted by Crippen LogP contribution is 2.40. The fourth-order valence-corrected chi connectivity index (χ4v) is 2.57. The number of anilines is 4. The summed E-state index contributed by atoms with van der Waals surface area (Å²) >= 11 is 5.76. The third kappa shape index (κ3) is 4.32. The lowest BCUT2D eigenvalue weighted by Gasteiger charge is -2.14. The number of nitrogens with zero attached hydrogens (tertiary/aromatic N) is 3. The van der Waals surface area contributed by atoms with Crippen molar-refractivity contribution in [3.63, 3.8) is 0 Å². The van der Waals surface area contributed by atoms with Gasteiger partial charge in [-0.1, -0.05) is 11.6 Å². The molecule has 0 bridgehead atoms. The van der Waals surface area contributed by atoms with Gasteiger partial charge in [-0.25, -0.2) is 14.4 Å². The third-order valence-electron chi connectivity index (χ3n) is 3.67. The second kappa shape index (κ2) is 8.57. The molecule has 2 N–H and O–H groups in total. The maximum atomic E-state index is 13.9. The van der Waals surface area contributed by atoms with Crippen LogP contribution in [0.2, 0.25) is 5.02 Å². The molecule has 0 aliphatic carbocycles. The minimum Gasteiger partial charge on any atom is -0.493 e. The first-order valence-corrected chi connectivity index (χ1v) is 8.40. The zero-order valence-corrected chi connectivity index (χ0v) is 16.0. The van der Waals surface area contributed by atoms with Crippen molar-refractivity contribution in [2.45, 2.75) is 0 Å². The lowest BCUT2D eigenvalue weighted by Crippen LogP contribution is -2.04. The number of ether oxygens (including phenoxy) is 3. The smallest absolute Gasteiger partial charge is 0.232 e. The molecule has 10 heteroatoms. The summed E-state index contributed by atoms with van der Waals surface area (Å²) in [6.45, 7) is 0. The van der Waals surface area contributed by atoms with E-state index in [1.54, 1.807) is 18.2 Å². The molecule has 0 aliphatic rings. The first-order valence-electron chi connectivity index (χ1n) is 8.02. The fourth-order valence-electron chi connectivity index (χ4n) is 2.41. The Balaban J connectivity index is 1.85. The van der Waals surface area contributed by atoms with Crippen molar-refractivity contribution < 1.29 is 18.6 Å². The van der Waals surface area contributed by atoms with Crippen molar-refractivity contribution in [3.8, 4) is 17.2 Å². The zero-order chi connectivity index (χ0) is 20.1. The SMILES string of the molecule is COc1cc(Nc2ncnc(Nc3ccc(Cl)cc3F)n2)cc(OC)c1OC. The average molecular weight is 406 g/mol. The lowest BCUT2D eigenvalue weighted by molar-refractivity contribution is 0.324. The van der Waals surface area contributed by atoms with Crippen LogP contribution in [0.1, 0.15) is 0 Å². The van der Waals surface area contributed by atoms with E-state index in [4.69, 9.17) is 25.8 Å². The van der Waals surface area contributed by atoms with E-state index in [2.05, 4.69) is 25.6 Å². The number of hydrogen-bond donors (Lipinski definition) is 2. The minimum absolute atomic E-state index is 0.158. The van der Waals surface area contributed by atoms with Crippen molar-refractivity contribution >= 4 is 34.9 Å². The Morgan fingerprint density at radius 3 is 2.11 bits per heavy atom. The molecular weight excluding hydrogens is 389 g/mol. The Bertz CT molecular complexity index is 964. The molecule has 0 fully saturated rings. The van der Waals surface area contributed by atoms with E-state index in [1.165, 1.54) is 39.8 Å². The molecule has 0 atom stereocenters. The second-order valence-corrected chi connectivity index (χ2v) is 5.86. The van der Waals surface area contributed by atoms with Gasteiger partial charge in [0.15, 0.2) is 11.5 Å². The third-order valence-corrected chi connectivity index (χ3v) is 3.91. The molecule has 8 nitrogen and oxygen atoms in total. The van der Waals surface area contributed by atoms with Gasteiger partial charge in [0.2, 0.25) is 17.6 Å². The fraction of sp³-hybridized carbons (Fsp3) is 0.167. The Morgan fingerprint density at radius 2 is 1.54 bits per heavy atom. The summed E-state index contributed by atoms with van der Waals surface area (Å²) in [7, 11) is 4.56. The van der Waals surface area contributed by atoms with Gasteiger partial charge < -0.3 is 24.8 Å². The maximum absolute atomic E-state index is 13.9. The summed E-state index contributed by atoms with van der Waals surface area (Å²) in [5, 5.41) is 6.10. The van der Waals surface area contributed by atoms with Crippen LogP contribution in [0.4, 0.5) is 27.7 Å². The van der Waals surface area contributed by atoms with E-state index >= 15 is 0 Å². The molecule has 28 heavy (non-hydrogen) atoms. The summed E-state index contributed by atoms with van der Waals surface area (Å²) in [6.07, 6.45) is 1.30. The topological polar surface area (TPSA) is 90.4 Å². The molecular formula is C18H17ClFN5O3. The molecule has 0 radical (unpaired) electrons. The first kappa shape index (κ1) is 19.4. The molecule has 0 amide bonds. The number of hydrogen-bond acceptors (Lipinski definition) is 8. The van der Waals surface area contributed by atoms with Gasteiger partial charge in [-0.05, 0) is 18.2 Å². The maximum Gasteiger partial charge on any atom is 0.232 e. The van der Waals surface area contributed by atoms with Crippen LogP contribution in [0, 0.1) is 5.82 Å². The largest absolute Gasteiger partial charge is 0.493 e. The summed E-state index contributed by atoms with van der Waals surface area (Å²) in [5.41, 5.74) is 0.790. The number of benzene rings is 2. The monoisotopic (exact) mass is 405 g/mol. The van der Waals surface area contributed by atoms with Crippen molar-refractivity contribution in [1.82, 2.24) is 15.0 Å². The van der Waals surface area contributed by atoms with Crippen LogP contribution in [0.25, 0.3) is 0 Å². The summed E-state index contributed by atoms with van der Waals surface area (Å²) < 4.78 is 29.9. The zero-order valence-electron chi connectivity index (χ0n) is 15.3. The Hall–Kier alpha value is -3.33. The van der Waals surface area contributed by atoms with E-state index < -0.39 is 5.82 Å². The highest BCUT2D eigenvalue weighted by molar-refractivity contribution is 6.30. The molecule has 3 aromatic rings. The predicted molar refractivity (Wildman–Crippen MR) is 104 cm³/mol. The minimum atomic E-state index is -0.521. The van der Waals surface area contributed by atoms with Crippen molar-refractivity contribution in [2.24, 2.45) is 0 Å². The summed E-state index contributed by atoms with van der Waals surface area (Å²) in [4.78, 5) is 12.3. The first-order chi connectivity index (χ1) is 13.5. The molecule has 1 aromatic heterocycles. The van der Waals surface area contributed by atoms with E-state index in [0.29, 0.717) is 28.0 Å². The summed E-state index contributed by atoms with van der Waals surface area (Å²) in [5.74, 6) is 1.28. The molecule has 0 unspecified atom stereocenters. The van der Waals surface area contributed by atoms with E-state index in [9.17, 15) is 4.39 Å². The molecule has 3 rings (SSSR count). The van der Waals surface area contributed by atoms with E-state index in [-0.39, 0.29) is 17.6 Å². The molecule has 0 saturated heterocycles. The quantitative estimate of drug-likeness (QED) is 0.605. The molecule has 2 aromatic carbocycles. The van der Waals surface area contributed by atoms with Gasteiger partial charge in [0, 0.05) is 22.8 Å². The highest BCUT2D eigenvalue weighted by atomic mass is 35.5. The van der Waals surface area contributed by atoms with Gasteiger partial charge in [-0.3, -0.25) is 0 Å². The normalized spacial score (nSPS) is 10.3. The van der Waals surface area contributed by atoms with Gasteiger partial charge in [-0.15, -0.1) is 0 Å². The predicted octanol–water partition coefficient (Wildman–Crippen LogP) is 4.18. The Morgan fingerprint density at radius 1 is 0.893 bits per heavy atom. The van der Waals surface area contributed by atoms with E-state index in [0.717, 1.165) is 0 Å². The Kier molecular flexibility index (Phi) is 5.95. The molecule has 146 valence electrons. The van der Waals surface area contributed by atoms with Crippen LogP contribution in [0.5, 0.6) is 17.2 Å². The number of aromatic nitrogens is 3. The number of methoxy groups -OCH3 is 3. The van der Waals surface area contributed by atoms with Crippen LogP contribution in [-0.4, -0.2) is 36.3 Å². The Labute approximate surface area is 165 Å². The average Bonchev–Trinajstić information content (AvgIpc) is 2.69. The lowest BCUT2D eigenvalue weighted by atomic mass is 10.2. The van der Waals surface area contributed by atoms with Crippen molar-refractivity contribution in [3.05, 3.63) is 47.5 Å². The summed E-state index contributed by atoms with van der Waals surface area (Å²) in [6, 6.07) is 7.66. The number of rotatable bonds is 7. The number of nitrogens with one attached hydrogen (secondary N) is 2. The number of halogens is 2. The van der Waals surface area contributed by atoms with Crippen LogP contribution >= 0.6 is 11.6 Å². The standard InChI is InChI=1S/C18H17ClFN5O3/c1-26-14-7-11(8-15(27-2)16(14)28-3)23-17-21-9-22-18(25-17)24-13-5-4-10(19)6-12(13)20/h4-9H,1-3H3,(H2,21,22,23,24,25). The van der Waals surface area contributed by atoms with Crippen molar-refractivity contribution in [1.29, 1.82) is 0 Å². The molecule has 0 aliphatic heterocycles. The van der Waals surface area contributed by atoms with E-state index in [1.807, 2.05) is 0 Å². The van der Waals surface area contributed by atoms with Crippen LogP contribution in [0.15, 0.2) is 36.7 Å². The van der Waals surface area contributed by atoms with Crippen LogP contribution in [0.3, 0.4) is 0 Å². The van der Waals surface area contributed by atoms with Gasteiger partial charge in [0.1, 0.15) is 12.1 Å². The van der Waals surface area contributed by atoms with Gasteiger partial charge in [0.25, 0.3) is 0 Å². The van der Waals surface area contributed by atoms with Crippen LogP contribution < -0.4 is 24.8 Å². The molecule has 0 saturated carbocycles. The molecule has 1 heterocycles. The highest BCUT2D eigenvalue weighted by Gasteiger charge is 2.14.